The van der Waals surface area contributed by atoms with Gasteiger partial charge in [0.25, 0.3) is 0 Å². The summed E-state index contributed by atoms with van der Waals surface area (Å²) >= 11 is 0. The number of carbonyl (C=O) groups excluding carboxylic acids is 2. The Balaban J connectivity index is 1.95. The van der Waals surface area contributed by atoms with Crippen LogP contribution in [-0.4, -0.2) is 100 Å². The third-order valence-electron chi connectivity index (χ3n) is 18.2. The molecule has 518 valence electrons. The zero-order chi connectivity index (χ0) is 63.7. The van der Waals surface area contributed by atoms with E-state index in [2.05, 4.69) is 43.5 Å². The van der Waals surface area contributed by atoms with E-state index in [4.69, 9.17) is 14.2 Å². The molecule has 0 radical (unpaired) electrons. The average Bonchev–Trinajstić information content (AvgIpc) is 3.73. The first kappa shape index (κ1) is 83.9. The molecule has 0 aromatic carbocycles. The second-order valence-electron chi connectivity index (χ2n) is 26.7. The largest absolute Gasteiger partial charge is 0.466 e. The van der Waals surface area contributed by atoms with Crippen molar-refractivity contribution in [2.24, 2.45) is 0 Å². The molecule has 0 saturated carbocycles. The molecule has 1 aliphatic heterocycles. The number of ether oxygens (including phenoxy) is 3. The highest BCUT2D eigenvalue weighted by Crippen LogP contribution is 2.24. The highest BCUT2D eigenvalue weighted by molar-refractivity contribution is 5.76. The molecule has 0 spiro atoms. The number of unbranched alkanes of at least 4 members (excludes halogenated alkanes) is 50. The van der Waals surface area contributed by atoms with Crippen molar-refractivity contribution in [2.45, 2.75) is 423 Å². The first-order valence-corrected chi connectivity index (χ1v) is 38.3. The molecule has 11 heteroatoms. The zero-order valence-electron chi connectivity index (χ0n) is 57.7. The van der Waals surface area contributed by atoms with Crippen LogP contribution < -0.4 is 5.32 Å². The van der Waals surface area contributed by atoms with Crippen LogP contribution in [0.4, 0.5) is 0 Å². The number of hydrogen-bond donors (Lipinski definition) is 6. The molecule has 1 rings (SSSR count). The Morgan fingerprint density at radius 1 is 0.420 bits per heavy atom. The van der Waals surface area contributed by atoms with E-state index in [1.165, 1.54) is 295 Å². The fourth-order valence-electron chi connectivity index (χ4n) is 12.2. The maximum Gasteiger partial charge on any atom is 0.305 e. The Bertz CT molecular complexity index is 1560. The van der Waals surface area contributed by atoms with E-state index < -0.39 is 49.5 Å². The van der Waals surface area contributed by atoms with Crippen molar-refractivity contribution in [1.29, 1.82) is 0 Å². The molecule has 0 aromatic rings. The van der Waals surface area contributed by atoms with E-state index in [0.29, 0.717) is 19.4 Å². The molecular formula is C77H145NO10. The number of amides is 1. The fourth-order valence-corrected chi connectivity index (χ4v) is 12.2. The van der Waals surface area contributed by atoms with Gasteiger partial charge in [-0.2, -0.15) is 0 Å². The molecule has 88 heavy (non-hydrogen) atoms. The monoisotopic (exact) mass is 1240 g/mol. The summed E-state index contributed by atoms with van der Waals surface area (Å²) in [5, 5.41) is 54.6. The molecule has 7 unspecified atom stereocenters. The van der Waals surface area contributed by atoms with Gasteiger partial charge in [-0.3, -0.25) is 9.59 Å². The van der Waals surface area contributed by atoms with Gasteiger partial charge in [-0.05, 0) is 64.2 Å². The van der Waals surface area contributed by atoms with Gasteiger partial charge in [0.1, 0.15) is 24.4 Å². The van der Waals surface area contributed by atoms with E-state index >= 15 is 0 Å². The molecular weight excluding hydrogens is 1100 g/mol. The average molecular weight is 1250 g/mol. The van der Waals surface area contributed by atoms with Crippen LogP contribution in [-0.2, 0) is 23.8 Å². The second-order valence-corrected chi connectivity index (χ2v) is 26.7. The van der Waals surface area contributed by atoms with Gasteiger partial charge in [0.2, 0.25) is 5.91 Å². The summed E-state index contributed by atoms with van der Waals surface area (Å²) in [7, 11) is 0. The number of carbonyl (C=O) groups is 2. The Morgan fingerprint density at radius 2 is 0.761 bits per heavy atom. The lowest BCUT2D eigenvalue weighted by Crippen LogP contribution is -2.60. The van der Waals surface area contributed by atoms with Crippen molar-refractivity contribution in [3.05, 3.63) is 36.5 Å². The Kier molecular flexibility index (Phi) is 63.2. The number of esters is 1. The molecule has 7 atom stereocenters. The van der Waals surface area contributed by atoms with Crippen LogP contribution in [0.1, 0.15) is 380 Å². The maximum atomic E-state index is 13.1. The molecule has 1 amide bonds. The first-order valence-electron chi connectivity index (χ1n) is 38.3. The van der Waals surface area contributed by atoms with E-state index in [0.717, 1.165) is 57.8 Å². The van der Waals surface area contributed by atoms with Gasteiger partial charge in [-0.15, -0.1) is 0 Å². The van der Waals surface area contributed by atoms with Gasteiger partial charge in [0, 0.05) is 12.8 Å². The smallest absolute Gasteiger partial charge is 0.305 e. The van der Waals surface area contributed by atoms with Crippen LogP contribution in [0.2, 0.25) is 0 Å². The van der Waals surface area contributed by atoms with Crippen molar-refractivity contribution in [1.82, 2.24) is 5.32 Å². The van der Waals surface area contributed by atoms with E-state index in [9.17, 15) is 35.1 Å². The fraction of sp³-hybridized carbons (Fsp3) is 0.896. The lowest BCUT2D eigenvalue weighted by atomic mass is 9.99. The van der Waals surface area contributed by atoms with Crippen LogP contribution in [0.3, 0.4) is 0 Å². The minimum absolute atomic E-state index is 0.0102. The summed E-state index contributed by atoms with van der Waals surface area (Å²) in [6.45, 7) is 4.39. The molecule has 0 aliphatic carbocycles. The molecule has 0 aromatic heterocycles. The quantitative estimate of drug-likeness (QED) is 0.0195. The highest BCUT2D eigenvalue weighted by Gasteiger charge is 2.44. The normalized spacial score (nSPS) is 17.9. The van der Waals surface area contributed by atoms with Gasteiger partial charge in [-0.1, -0.05) is 339 Å². The minimum Gasteiger partial charge on any atom is -0.466 e. The van der Waals surface area contributed by atoms with Gasteiger partial charge in [-0.25, -0.2) is 0 Å². The van der Waals surface area contributed by atoms with Crippen LogP contribution in [0.15, 0.2) is 36.5 Å². The summed E-state index contributed by atoms with van der Waals surface area (Å²) in [5.41, 5.74) is 0. The Hall–Kier alpha value is -2.12. The van der Waals surface area contributed by atoms with Gasteiger partial charge in [0.15, 0.2) is 6.29 Å². The van der Waals surface area contributed by atoms with Crippen LogP contribution in [0.5, 0.6) is 0 Å². The van der Waals surface area contributed by atoms with Crippen LogP contribution >= 0.6 is 0 Å². The van der Waals surface area contributed by atoms with E-state index in [1.54, 1.807) is 6.08 Å². The van der Waals surface area contributed by atoms with Gasteiger partial charge in [0.05, 0.1) is 32.0 Å². The zero-order valence-corrected chi connectivity index (χ0v) is 57.7. The molecule has 1 saturated heterocycles. The number of rotatable bonds is 68. The minimum atomic E-state index is -1.57. The number of allylic oxidation sites excluding steroid dienone is 5. The van der Waals surface area contributed by atoms with Crippen molar-refractivity contribution < 1.29 is 49.3 Å². The number of hydrogen-bond acceptors (Lipinski definition) is 10. The molecule has 0 bridgehead atoms. The van der Waals surface area contributed by atoms with Crippen molar-refractivity contribution in [2.75, 3.05) is 19.8 Å². The number of nitrogens with one attached hydrogen (secondary N) is 1. The standard InChI is InChI=1S/C77H145NO10/c1-3-5-7-9-11-13-15-16-40-44-47-51-55-59-63-70(80)69(68-87-77-76(85)75(84)74(83)71(67-79)88-77)78-72(81)64-60-56-52-48-45-41-38-36-34-32-30-28-26-24-22-20-18-17-19-21-23-25-27-29-31-33-35-37-39-42-46-50-54-58-62-66-86-73(82)65-61-57-53-49-43-14-12-10-8-6-4-2/h19,21,25,27,59,63,69-71,74-77,79-80,83-85H,3-18,20,22-24,26,28-58,60-62,64-68H2,1-2H3,(H,78,81)/b21-19-,27-25-,63-59+. The number of aliphatic hydroxyl groups is 5. The van der Waals surface area contributed by atoms with E-state index in [-0.39, 0.29) is 18.5 Å². The van der Waals surface area contributed by atoms with Crippen LogP contribution in [0, 0.1) is 0 Å². The lowest BCUT2D eigenvalue weighted by molar-refractivity contribution is -0.302. The predicted molar refractivity (Wildman–Crippen MR) is 371 cm³/mol. The Labute approximate surface area is 543 Å². The SMILES string of the molecule is CCCCCCCCCCCCCC/C=C/C(O)C(COC1OC(CO)C(O)C(O)C1O)NC(=O)CCCCCCCCCCCCCCCCCCC/C=C\C/C=C\CCCCCCCCCCCCCOC(=O)CCCCCCCCCCCCC. The maximum absolute atomic E-state index is 13.1. The van der Waals surface area contributed by atoms with Gasteiger partial charge < -0.3 is 45.1 Å². The summed E-state index contributed by atoms with van der Waals surface area (Å²) in [6.07, 6.45) is 75.8. The highest BCUT2D eigenvalue weighted by atomic mass is 16.7. The number of aliphatic hydroxyl groups excluding tert-OH is 5. The molecule has 1 fully saturated rings. The third-order valence-corrected chi connectivity index (χ3v) is 18.2. The third kappa shape index (κ3) is 54.4. The summed E-state index contributed by atoms with van der Waals surface area (Å²) in [6, 6.07) is -0.808. The van der Waals surface area contributed by atoms with Crippen molar-refractivity contribution in [3.63, 3.8) is 0 Å². The summed E-state index contributed by atoms with van der Waals surface area (Å²) < 4.78 is 16.8. The van der Waals surface area contributed by atoms with Crippen molar-refractivity contribution >= 4 is 11.9 Å². The molecule has 11 nitrogen and oxygen atoms in total. The molecule has 1 heterocycles. The second kappa shape index (κ2) is 66.3. The first-order chi connectivity index (χ1) is 43.2. The predicted octanol–water partition coefficient (Wildman–Crippen LogP) is 20.1. The summed E-state index contributed by atoms with van der Waals surface area (Å²) in [4.78, 5) is 25.1. The van der Waals surface area contributed by atoms with Crippen LogP contribution in [0.25, 0.3) is 0 Å². The Morgan fingerprint density at radius 3 is 1.15 bits per heavy atom. The van der Waals surface area contributed by atoms with Gasteiger partial charge >= 0.3 is 5.97 Å². The lowest BCUT2D eigenvalue weighted by Gasteiger charge is -2.40. The molecule has 1 aliphatic rings. The van der Waals surface area contributed by atoms with Crippen molar-refractivity contribution in [3.8, 4) is 0 Å². The summed E-state index contributed by atoms with van der Waals surface area (Å²) in [5.74, 6) is -0.166. The van der Waals surface area contributed by atoms with E-state index in [1.807, 2.05) is 6.08 Å². The topological polar surface area (TPSA) is 175 Å². The molecule has 6 N–H and O–H groups in total.